The highest BCUT2D eigenvalue weighted by molar-refractivity contribution is 5.96. The highest BCUT2D eigenvalue weighted by atomic mass is 16.6. The summed E-state index contributed by atoms with van der Waals surface area (Å²) in [6.07, 6.45) is 1.80. The van der Waals surface area contributed by atoms with Crippen LogP contribution in [0.15, 0.2) is 0 Å². The second-order valence-electron chi connectivity index (χ2n) is 9.87. The Morgan fingerprint density at radius 3 is 2.50 bits per heavy atom. The average molecular weight is 479 g/mol. The van der Waals surface area contributed by atoms with Crippen molar-refractivity contribution in [3.8, 4) is 6.01 Å². The Labute approximate surface area is 201 Å². The molecular formula is C23H38N6O5. The van der Waals surface area contributed by atoms with Crippen LogP contribution in [0.1, 0.15) is 57.9 Å². The molecule has 3 rings (SSSR count). The maximum Gasteiger partial charge on any atom is 0.410 e. The smallest absolute Gasteiger partial charge is 0.410 e. The fourth-order valence-electron chi connectivity index (χ4n) is 4.20. The number of ether oxygens (including phenoxy) is 3. The van der Waals surface area contributed by atoms with Crippen LogP contribution < -0.4 is 15.4 Å². The lowest BCUT2D eigenvalue weighted by atomic mass is 10.1. The Kier molecular flexibility index (Phi) is 8.06. The number of anilines is 2. The molecular weight excluding hydrogens is 440 g/mol. The lowest BCUT2D eigenvalue weighted by molar-refractivity contribution is 0.0218. The Morgan fingerprint density at radius 2 is 1.91 bits per heavy atom. The van der Waals surface area contributed by atoms with Crippen LogP contribution in [-0.2, 0) is 9.47 Å². The number of likely N-dealkylation sites (N-methyl/N-ethyl adjacent to an activating group) is 1. The largest absolute Gasteiger partial charge is 0.462 e. The summed E-state index contributed by atoms with van der Waals surface area (Å²) in [6, 6.07) is 0.239. The number of nitrogens with zero attached hydrogens (tertiary/aromatic N) is 5. The first-order chi connectivity index (χ1) is 16.0. The van der Waals surface area contributed by atoms with Crippen LogP contribution in [0.4, 0.5) is 16.3 Å². The van der Waals surface area contributed by atoms with E-state index in [1.54, 1.807) is 11.8 Å². The molecule has 190 valence electrons. The number of carbonyl (C=O) groups is 2. The van der Waals surface area contributed by atoms with Crippen molar-refractivity contribution in [2.45, 2.75) is 65.1 Å². The van der Waals surface area contributed by atoms with Gasteiger partial charge in [0, 0.05) is 31.7 Å². The molecule has 2 aliphatic heterocycles. The molecule has 2 N–H and O–H groups in total. The number of rotatable bonds is 6. The number of likely N-dealkylation sites (tertiary alicyclic amines) is 1. The zero-order valence-electron chi connectivity index (χ0n) is 21.2. The van der Waals surface area contributed by atoms with E-state index in [0.717, 1.165) is 19.4 Å². The average Bonchev–Trinajstić information content (AvgIpc) is 3.16. The minimum atomic E-state index is -0.619. The van der Waals surface area contributed by atoms with E-state index >= 15 is 0 Å². The van der Waals surface area contributed by atoms with Gasteiger partial charge in [-0.1, -0.05) is 0 Å². The van der Waals surface area contributed by atoms with Gasteiger partial charge in [-0.25, -0.2) is 9.59 Å². The van der Waals surface area contributed by atoms with Gasteiger partial charge in [0.2, 0.25) is 0 Å². The molecule has 0 radical (unpaired) electrons. The van der Waals surface area contributed by atoms with Gasteiger partial charge in [0.15, 0.2) is 11.5 Å². The molecule has 34 heavy (non-hydrogen) atoms. The maximum absolute atomic E-state index is 12.6. The van der Waals surface area contributed by atoms with Crippen LogP contribution in [0.3, 0.4) is 0 Å². The van der Waals surface area contributed by atoms with Crippen molar-refractivity contribution >= 4 is 23.6 Å². The summed E-state index contributed by atoms with van der Waals surface area (Å²) < 4.78 is 16.6. The zero-order chi connectivity index (χ0) is 25.0. The van der Waals surface area contributed by atoms with Crippen molar-refractivity contribution in [2.24, 2.45) is 0 Å². The SMILES string of the molecule is CCOC(=O)c1nc(OCC2CCCN2C)nc(N2CCN(C(=O)OC(C)(C)C)CC2C)c1N. The number of piperazine rings is 1. The van der Waals surface area contributed by atoms with Crippen LogP contribution in [0.5, 0.6) is 6.01 Å². The molecule has 0 aromatic carbocycles. The van der Waals surface area contributed by atoms with Crippen LogP contribution in [0.2, 0.25) is 0 Å². The minimum Gasteiger partial charge on any atom is -0.462 e. The molecule has 11 heteroatoms. The first-order valence-electron chi connectivity index (χ1n) is 11.9. The van der Waals surface area contributed by atoms with Gasteiger partial charge in [-0.05, 0) is 61.1 Å². The summed E-state index contributed by atoms with van der Waals surface area (Å²) in [5.74, 6) is -0.212. The van der Waals surface area contributed by atoms with E-state index in [-0.39, 0.29) is 42.2 Å². The summed E-state index contributed by atoms with van der Waals surface area (Å²) in [5.41, 5.74) is 5.92. The van der Waals surface area contributed by atoms with E-state index in [1.807, 2.05) is 32.6 Å². The van der Waals surface area contributed by atoms with E-state index in [1.165, 1.54) is 0 Å². The fraction of sp³-hybridized carbons (Fsp3) is 0.739. The lowest BCUT2D eigenvalue weighted by Crippen LogP contribution is -2.55. The third kappa shape index (κ3) is 6.19. The maximum atomic E-state index is 12.6. The topological polar surface area (TPSA) is 123 Å². The van der Waals surface area contributed by atoms with Gasteiger partial charge in [0.25, 0.3) is 0 Å². The summed E-state index contributed by atoms with van der Waals surface area (Å²) in [4.78, 5) is 39.8. The van der Waals surface area contributed by atoms with Crippen molar-refractivity contribution in [1.29, 1.82) is 0 Å². The third-order valence-corrected chi connectivity index (χ3v) is 6.00. The van der Waals surface area contributed by atoms with Crippen molar-refractivity contribution in [3.63, 3.8) is 0 Å². The van der Waals surface area contributed by atoms with Crippen LogP contribution in [0.25, 0.3) is 0 Å². The highest BCUT2D eigenvalue weighted by Gasteiger charge is 2.33. The van der Waals surface area contributed by atoms with Gasteiger partial charge in [0.05, 0.1) is 6.61 Å². The van der Waals surface area contributed by atoms with Crippen molar-refractivity contribution < 1.29 is 23.8 Å². The van der Waals surface area contributed by atoms with E-state index in [0.29, 0.717) is 32.1 Å². The summed E-state index contributed by atoms with van der Waals surface area (Å²) in [6.45, 7) is 12.2. The molecule has 1 aromatic rings. The lowest BCUT2D eigenvalue weighted by Gasteiger charge is -2.41. The number of carbonyl (C=O) groups excluding carboxylic acids is 2. The number of nitrogen functional groups attached to an aromatic ring is 1. The molecule has 1 aromatic heterocycles. The molecule has 2 aliphatic rings. The van der Waals surface area contributed by atoms with Gasteiger partial charge in [0.1, 0.15) is 17.9 Å². The van der Waals surface area contributed by atoms with Gasteiger partial charge in [-0.2, -0.15) is 9.97 Å². The first-order valence-corrected chi connectivity index (χ1v) is 11.9. The molecule has 2 saturated heterocycles. The van der Waals surface area contributed by atoms with Gasteiger partial charge >= 0.3 is 18.1 Å². The summed E-state index contributed by atoms with van der Waals surface area (Å²) in [7, 11) is 2.06. The third-order valence-electron chi connectivity index (χ3n) is 6.00. The second kappa shape index (κ2) is 10.6. The summed E-state index contributed by atoms with van der Waals surface area (Å²) in [5, 5.41) is 0. The van der Waals surface area contributed by atoms with E-state index in [2.05, 4.69) is 21.9 Å². The normalized spacial score (nSPS) is 21.5. The number of nitrogens with two attached hydrogens (primary N) is 1. The van der Waals surface area contributed by atoms with Crippen LogP contribution in [-0.4, -0.2) is 96.0 Å². The molecule has 0 spiro atoms. The molecule has 2 fully saturated rings. The van der Waals surface area contributed by atoms with Gasteiger partial charge < -0.3 is 34.6 Å². The second-order valence-corrected chi connectivity index (χ2v) is 9.87. The Morgan fingerprint density at radius 1 is 1.18 bits per heavy atom. The molecule has 2 unspecified atom stereocenters. The monoisotopic (exact) mass is 478 g/mol. The number of hydrogen-bond acceptors (Lipinski definition) is 10. The fourth-order valence-corrected chi connectivity index (χ4v) is 4.20. The quantitative estimate of drug-likeness (QED) is 0.608. The van der Waals surface area contributed by atoms with Crippen LogP contribution >= 0.6 is 0 Å². The standard InChI is InChI=1S/C23H38N6O5/c1-7-32-20(30)18-17(24)19(26-21(25-18)33-14-16-9-8-10-27(16)6)29-12-11-28(13-15(29)2)22(31)34-23(3,4)5/h15-16H,7-14,24H2,1-6H3. The number of esters is 1. The molecule has 1 amide bonds. The molecule has 11 nitrogen and oxygen atoms in total. The Balaban J connectivity index is 1.82. The van der Waals surface area contributed by atoms with E-state index in [9.17, 15) is 9.59 Å². The van der Waals surface area contributed by atoms with Crippen molar-refractivity contribution in [3.05, 3.63) is 5.69 Å². The zero-order valence-corrected chi connectivity index (χ0v) is 21.2. The van der Waals surface area contributed by atoms with E-state index < -0.39 is 11.6 Å². The molecule has 3 heterocycles. The van der Waals surface area contributed by atoms with Gasteiger partial charge in [-0.3, -0.25) is 0 Å². The number of amides is 1. The Bertz CT molecular complexity index is 889. The molecule has 0 saturated carbocycles. The predicted octanol–water partition coefficient (Wildman–Crippen LogP) is 2.15. The van der Waals surface area contributed by atoms with Crippen molar-refractivity contribution in [2.75, 3.05) is 57.1 Å². The molecule has 0 aliphatic carbocycles. The molecule has 2 atom stereocenters. The number of hydrogen-bond donors (Lipinski definition) is 1. The number of aromatic nitrogens is 2. The van der Waals surface area contributed by atoms with Crippen LogP contribution in [0, 0.1) is 0 Å². The molecule has 0 bridgehead atoms. The highest BCUT2D eigenvalue weighted by Crippen LogP contribution is 2.30. The van der Waals surface area contributed by atoms with Crippen molar-refractivity contribution in [1.82, 2.24) is 19.8 Å². The summed E-state index contributed by atoms with van der Waals surface area (Å²) >= 11 is 0. The minimum absolute atomic E-state index is 0.0107. The first kappa shape index (κ1) is 25.8. The van der Waals surface area contributed by atoms with E-state index in [4.69, 9.17) is 19.9 Å². The van der Waals surface area contributed by atoms with Gasteiger partial charge in [-0.15, -0.1) is 0 Å². The Hall–Kier alpha value is -2.82. The predicted molar refractivity (Wildman–Crippen MR) is 128 cm³/mol.